The molecule has 3 N–H and O–H groups in total. The number of hydrogen-bond donors (Lipinski definition) is 3. The quantitative estimate of drug-likeness (QED) is 0.294. The van der Waals surface area contributed by atoms with Gasteiger partial charge in [0, 0.05) is 30.3 Å². The van der Waals surface area contributed by atoms with Crippen molar-refractivity contribution in [3.63, 3.8) is 0 Å². The fourth-order valence-electron chi connectivity index (χ4n) is 6.93. The first-order chi connectivity index (χ1) is 25.1. The second-order valence-corrected chi connectivity index (χ2v) is 15.8. The van der Waals surface area contributed by atoms with E-state index >= 15 is 0 Å². The van der Waals surface area contributed by atoms with Gasteiger partial charge in [-0.2, -0.15) is 0 Å². The number of carbonyl (C=O) groups excluding carboxylic acids is 4. The molecule has 7 rings (SSSR count). The number of amides is 4. The summed E-state index contributed by atoms with van der Waals surface area (Å²) in [6.45, 7) is 3.87. The number of benzene rings is 2. The molecule has 0 radical (unpaired) electrons. The van der Waals surface area contributed by atoms with Gasteiger partial charge in [0.05, 0.1) is 18.4 Å². The predicted octanol–water partition coefficient (Wildman–Crippen LogP) is 3.40. The van der Waals surface area contributed by atoms with Crippen molar-refractivity contribution in [2.45, 2.75) is 73.9 Å². The SMILES string of the molecule is C=C[C@@H]1C[C@]1(NC(=O)[C@@H]1C[C@@H]2CN1C(=O)[C@H](Cc1ccccc1)NC(=O)OCCC/C=C/c1ccc3ccnc(c3c1)O2)C(=O)NS(=O)(=O)C1CC1. The van der Waals surface area contributed by atoms with Crippen molar-refractivity contribution in [1.82, 2.24) is 25.2 Å². The zero-order valence-corrected chi connectivity index (χ0v) is 29.3. The third kappa shape index (κ3) is 7.52. The van der Waals surface area contributed by atoms with Crippen molar-refractivity contribution >= 4 is 50.7 Å². The number of sulfonamides is 1. The normalized spacial score (nSPS) is 27.0. The molecule has 2 aliphatic heterocycles. The minimum Gasteiger partial charge on any atom is -0.472 e. The van der Waals surface area contributed by atoms with Crippen molar-refractivity contribution in [1.29, 1.82) is 0 Å². The summed E-state index contributed by atoms with van der Waals surface area (Å²) in [6.07, 6.45) is 8.07. The topological polar surface area (TPSA) is 173 Å². The third-order valence-corrected chi connectivity index (χ3v) is 11.9. The lowest BCUT2D eigenvalue weighted by atomic mass is 10.0. The number of fused-ring (bicyclic) bond motifs is 3. The Kier molecular flexibility index (Phi) is 9.75. The monoisotopic (exact) mass is 727 g/mol. The van der Waals surface area contributed by atoms with Crippen LogP contribution in [0, 0.1) is 5.92 Å². The molecule has 5 atom stereocenters. The summed E-state index contributed by atoms with van der Waals surface area (Å²) < 4.78 is 39.5. The van der Waals surface area contributed by atoms with Crippen molar-refractivity contribution in [3.05, 3.63) is 90.7 Å². The number of carbonyl (C=O) groups is 4. The van der Waals surface area contributed by atoms with Crippen LogP contribution in [-0.2, 0) is 35.6 Å². The molecule has 3 aromatic rings. The Morgan fingerprint density at radius 1 is 1.12 bits per heavy atom. The van der Waals surface area contributed by atoms with Gasteiger partial charge in [-0.05, 0) is 60.7 Å². The van der Waals surface area contributed by atoms with Gasteiger partial charge in [0.1, 0.15) is 23.7 Å². The standard InChI is InChI=1S/C38H41N5O8S/c1-2-27-22-38(27,36(46)42-52(48,49)29-14-15-29)41-33(44)32-21-28-23-43(32)35(45)31(20-24-9-5-3-6-10-24)40-37(47)50-18-8-4-7-11-25-12-13-26-16-17-39-34(51-28)30(26)19-25/h2-3,5-7,9-13,16-17,19,27-29,31-32H,1,4,8,14-15,18,20-23H2,(H,40,47)(H,41,44)(H,42,46)/b11-7+/t27-,28-,31+,32+,38-/m1/s1. The number of aromatic nitrogens is 1. The van der Waals surface area contributed by atoms with Gasteiger partial charge in [0.2, 0.25) is 27.7 Å². The zero-order chi connectivity index (χ0) is 36.5. The van der Waals surface area contributed by atoms with Crippen molar-refractivity contribution in [2.24, 2.45) is 5.92 Å². The maximum absolute atomic E-state index is 14.5. The van der Waals surface area contributed by atoms with Crippen LogP contribution in [0.1, 0.15) is 49.7 Å². The number of alkyl carbamates (subject to hydrolysis) is 1. The zero-order valence-electron chi connectivity index (χ0n) is 28.5. The van der Waals surface area contributed by atoms with Gasteiger partial charge in [-0.15, -0.1) is 6.58 Å². The molecule has 0 unspecified atom stereocenters. The van der Waals surface area contributed by atoms with Crippen LogP contribution in [0.3, 0.4) is 0 Å². The highest BCUT2D eigenvalue weighted by Crippen LogP contribution is 2.45. The largest absolute Gasteiger partial charge is 0.472 e. The Bertz CT molecular complexity index is 2030. The van der Waals surface area contributed by atoms with Gasteiger partial charge in [-0.25, -0.2) is 18.2 Å². The maximum atomic E-state index is 14.5. The van der Waals surface area contributed by atoms with Crippen LogP contribution in [0.25, 0.3) is 16.8 Å². The highest BCUT2D eigenvalue weighted by molar-refractivity contribution is 7.91. The van der Waals surface area contributed by atoms with Crippen LogP contribution in [0.4, 0.5) is 4.79 Å². The Labute approximate surface area is 301 Å². The summed E-state index contributed by atoms with van der Waals surface area (Å²) in [5.41, 5.74) is 0.146. The highest BCUT2D eigenvalue weighted by atomic mass is 32.2. The molecule has 0 spiro atoms. The van der Waals surface area contributed by atoms with E-state index in [4.69, 9.17) is 9.47 Å². The second kappa shape index (κ2) is 14.4. The van der Waals surface area contributed by atoms with E-state index in [1.165, 1.54) is 11.0 Å². The lowest BCUT2D eigenvalue weighted by Crippen LogP contribution is -2.58. The molecule has 3 fully saturated rings. The lowest BCUT2D eigenvalue weighted by Gasteiger charge is -2.29. The number of cyclic esters (lactones) is 1. The van der Waals surface area contributed by atoms with E-state index in [2.05, 4.69) is 26.9 Å². The molecule has 3 heterocycles. The van der Waals surface area contributed by atoms with E-state index in [9.17, 15) is 27.6 Å². The van der Waals surface area contributed by atoms with Gasteiger partial charge in [0.15, 0.2) is 0 Å². The van der Waals surface area contributed by atoms with Crippen LogP contribution in [0.15, 0.2) is 79.5 Å². The van der Waals surface area contributed by atoms with E-state index in [0.29, 0.717) is 31.6 Å². The fourth-order valence-corrected chi connectivity index (χ4v) is 8.29. The average molecular weight is 728 g/mol. The van der Waals surface area contributed by atoms with Crippen molar-refractivity contribution < 1.29 is 37.1 Å². The Balaban J connectivity index is 1.22. The van der Waals surface area contributed by atoms with E-state index in [-0.39, 0.29) is 32.4 Å². The summed E-state index contributed by atoms with van der Waals surface area (Å²) in [5, 5.41) is 6.54. The minimum absolute atomic E-state index is 0.0310. The molecule has 2 aromatic carbocycles. The lowest BCUT2D eigenvalue weighted by molar-refractivity contribution is -0.141. The highest BCUT2D eigenvalue weighted by Gasteiger charge is 2.62. The molecule has 13 nitrogen and oxygen atoms in total. The molecule has 2 aliphatic carbocycles. The van der Waals surface area contributed by atoms with Gasteiger partial charge < -0.3 is 25.0 Å². The first-order valence-electron chi connectivity index (χ1n) is 17.6. The summed E-state index contributed by atoms with van der Waals surface area (Å²) in [5.74, 6) is -2.22. The molecule has 2 saturated carbocycles. The Morgan fingerprint density at radius 3 is 2.67 bits per heavy atom. The fraction of sp³-hybridized carbons (Fsp3) is 0.395. The number of rotatable bonds is 8. The van der Waals surface area contributed by atoms with Crippen molar-refractivity contribution in [3.8, 4) is 5.88 Å². The molecule has 4 aliphatic rings. The molecule has 1 saturated heterocycles. The first-order valence-corrected chi connectivity index (χ1v) is 19.1. The van der Waals surface area contributed by atoms with Gasteiger partial charge >= 0.3 is 6.09 Å². The molecular weight excluding hydrogens is 687 g/mol. The average Bonchev–Trinajstić information content (AvgIpc) is 4.06. The van der Waals surface area contributed by atoms with Crippen LogP contribution < -0.4 is 20.1 Å². The van der Waals surface area contributed by atoms with Crippen molar-refractivity contribution in [2.75, 3.05) is 13.2 Å². The number of ether oxygens (including phenoxy) is 2. The smallest absolute Gasteiger partial charge is 0.407 e. The van der Waals surface area contributed by atoms with E-state index < -0.39 is 68.7 Å². The number of hydrogen-bond acceptors (Lipinski definition) is 9. The van der Waals surface area contributed by atoms with Crippen LogP contribution >= 0.6 is 0 Å². The first kappa shape index (κ1) is 35.2. The number of nitrogens with one attached hydrogen (secondary N) is 3. The molecule has 272 valence electrons. The Hall–Kier alpha value is -5.24. The van der Waals surface area contributed by atoms with Gasteiger partial charge in [0.25, 0.3) is 5.91 Å². The summed E-state index contributed by atoms with van der Waals surface area (Å²) in [6, 6.07) is 14.7. The predicted molar refractivity (Wildman–Crippen MR) is 192 cm³/mol. The number of allylic oxidation sites excluding steroid dienone is 1. The third-order valence-electron chi connectivity index (χ3n) is 10.1. The Morgan fingerprint density at radius 2 is 1.92 bits per heavy atom. The van der Waals surface area contributed by atoms with E-state index in [1.54, 1.807) is 6.20 Å². The van der Waals surface area contributed by atoms with E-state index in [0.717, 1.165) is 21.9 Å². The molecule has 4 amide bonds. The molecule has 1 aromatic heterocycles. The molecule has 52 heavy (non-hydrogen) atoms. The van der Waals surface area contributed by atoms with Crippen LogP contribution in [0.5, 0.6) is 5.88 Å². The van der Waals surface area contributed by atoms with E-state index in [1.807, 2.05) is 66.7 Å². The van der Waals surface area contributed by atoms with Gasteiger partial charge in [-0.1, -0.05) is 60.7 Å². The minimum atomic E-state index is -3.89. The summed E-state index contributed by atoms with van der Waals surface area (Å²) in [7, 11) is -3.89. The number of pyridine rings is 1. The van der Waals surface area contributed by atoms with Crippen LogP contribution in [0.2, 0.25) is 0 Å². The molecule has 14 heteroatoms. The maximum Gasteiger partial charge on any atom is 0.407 e. The van der Waals surface area contributed by atoms with Gasteiger partial charge in [-0.3, -0.25) is 19.1 Å². The van der Waals surface area contributed by atoms with Crippen LogP contribution in [-0.4, -0.2) is 84.2 Å². The summed E-state index contributed by atoms with van der Waals surface area (Å²) in [4.78, 5) is 61.2. The second-order valence-electron chi connectivity index (χ2n) is 13.8. The molecular formula is C38H41N5O8S. The molecule has 4 bridgehead atoms. The number of nitrogens with zero attached hydrogens (tertiary/aromatic N) is 2. The summed E-state index contributed by atoms with van der Waals surface area (Å²) >= 11 is 0.